The number of ether oxygens (including phenoxy) is 2. The summed E-state index contributed by atoms with van der Waals surface area (Å²) in [5.41, 5.74) is 1.06. The van der Waals surface area contributed by atoms with E-state index in [2.05, 4.69) is 0 Å². The molecule has 0 aliphatic heterocycles. The zero-order valence-corrected chi connectivity index (χ0v) is 10.1. The third kappa shape index (κ3) is 3.31. The Morgan fingerprint density at radius 3 is 2.76 bits per heavy atom. The number of esters is 1. The van der Waals surface area contributed by atoms with Crippen LogP contribution in [0.15, 0.2) is 18.2 Å². The predicted molar refractivity (Wildman–Crippen MR) is 63.4 cm³/mol. The van der Waals surface area contributed by atoms with Crippen molar-refractivity contribution in [2.75, 3.05) is 13.7 Å². The molecular formula is C13H15FO3. The maximum Gasteiger partial charge on any atom is 0.330 e. The first kappa shape index (κ1) is 13.2. The average molecular weight is 238 g/mol. The largest absolute Gasteiger partial charge is 0.494 e. The Bertz CT molecular complexity index is 439. The quantitative estimate of drug-likeness (QED) is 0.597. The molecule has 0 atom stereocenters. The van der Waals surface area contributed by atoms with Crippen LogP contribution in [0.5, 0.6) is 5.75 Å². The molecule has 0 aliphatic rings. The molecule has 0 saturated heterocycles. The lowest BCUT2D eigenvalue weighted by Crippen LogP contribution is -1.99. The van der Waals surface area contributed by atoms with E-state index in [0.717, 1.165) is 0 Å². The van der Waals surface area contributed by atoms with Gasteiger partial charge in [0.15, 0.2) is 11.6 Å². The van der Waals surface area contributed by atoms with Gasteiger partial charge in [0.25, 0.3) is 0 Å². The lowest BCUT2D eigenvalue weighted by atomic mass is 10.1. The van der Waals surface area contributed by atoms with Crippen molar-refractivity contribution in [2.45, 2.75) is 13.8 Å². The number of hydrogen-bond acceptors (Lipinski definition) is 3. The lowest BCUT2D eigenvalue weighted by molar-refractivity contribution is -0.137. The Hall–Kier alpha value is -1.84. The predicted octanol–water partition coefficient (Wildman–Crippen LogP) is 2.72. The van der Waals surface area contributed by atoms with Gasteiger partial charge in [0.1, 0.15) is 0 Å². The Morgan fingerprint density at radius 2 is 2.18 bits per heavy atom. The number of rotatable bonds is 4. The molecule has 0 aliphatic carbocycles. The van der Waals surface area contributed by atoms with Crippen molar-refractivity contribution < 1.29 is 18.7 Å². The molecule has 0 aromatic heterocycles. The van der Waals surface area contributed by atoms with Crippen LogP contribution >= 0.6 is 0 Å². The van der Waals surface area contributed by atoms with Crippen LogP contribution < -0.4 is 4.74 Å². The normalized spacial score (nSPS) is 10.6. The summed E-state index contributed by atoms with van der Waals surface area (Å²) in [7, 11) is 1.41. The number of benzene rings is 1. The average Bonchev–Trinajstić information content (AvgIpc) is 2.31. The SMILES string of the molecule is CCOC(=O)/C=C/c1ccc(OC)c(F)c1C. The van der Waals surface area contributed by atoms with Gasteiger partial charge in [0, 0.05) is 6.08 Å². The zero-order chi connectivity index (χ0) is 12.8. The lowest BCUT2D eigenvalue weighted by Gasteiger charge is -2.06. The maximum absolute atomic E-state index is 13.7. The standard InChI is InChI=1S/C13H15FO3/c1-4-17-12(15)8-6-10-5-7-11(16-3)13(14)9(10)2/h5-8H,4H2,1-3H3/b8-6+. The number of halogens is 1. The molecule has 1 aromatic rings. The Balaban J connectivity index is 2.93. The first-order valence-corrected chi connectivity index (χ1v) is 5.28. The number of methoxy groups -OCH3 is 1. The molecule has 0 saturated carbocycles. The Morgan fingerprint density at radius 1 is 1.47 bits per heavy atom. The first-order chi connectivity index (χ1) is 8.10. The second kappa shape index (κ2) is 6.03. The van der Waals surface area contributed by atoms with Gasteiger partial charge in [-0.3, -0.25) is 0 Å². The molecule has 0 unspecified atom stereocenters. The number of carbonyl (C=O) groups is 1. The zero-order valence-electron chi connectivity index (χ0n) is 10.1. The smallest absolute Gasteiger partial charge is 0.330 e. The van der Waals surface area contributed by atoms with Crippen LogP contribution in [0.25, 0.3) is 6.08 Å². The van der Waals surface area contributed by atoms with Gasteiger partial charge < -0.3 is 9.47 Å². The summed E-state index contributed by atoms with van der Waals surface area (Å²) < 4.78 is 23.2. The maximum atomic E-state index is 13.7. The summed E-state index contributed by atoms with van der Waals surface area (Å²) in [6.45, 7) is 3.67. The van der Waals surface area contributed by atoms with Gasteiger partial charge in [-0.15, -0.1) is 0 Å². The van der Waals surface area contributed by atoms with Gasteiger partial charge in [-0.05, 0) is 37.1 Å². The molecule has 3 nitrogen and oxygen atoms in total. The van der Waals surface area contributed by atoms with Crippen molar-refractivity contribution in [1.82, 2.24) is 0 Å². The Labute approximate surface area is 99.9 Å². The van der Waals surface area contributed by atoms with Crippen molar-refractivity contribution in [3.05, 3.63) is 35.2 Å². The van der Waals surface area contributed by atoms with E-state index in [9.17, 15) is 9.18 Å². The van der Waals surface area contributed by atoms with E-state index in [1.807, 2.05) is 0 Å². The van der Waals surface area contributed by atoms with Crippen LogP contribution in [-0.4, -0.2) is 19.7 Å². The number of carbonyl (C=O) groups excluding carboxylic acids is 1. The van der Waals surface area contributed by atoms with E-state index < -0.39 is 11.8 Å². The summed E-state index contributed by atoms with van der Waals surface area (Å²) in [4.78, 5) is 11.1. The van der Waals surface area contributed by atoms with Crippen LogP contribution in [0.2, 0.25) is 0 Å². The minimum Gasteiger partial charge on any atom is -0.494 e. The van der Waals surface area contributed by atoms with Gasteiger partial charge in [-0.25, -0.2) is 9.18 Å². The highest BCUT2D eigenvalue weighted by atomic mass is 19.1. The molecule has 92 valence electrons. The van der Waals surface area contributed by atoms with Crippen LogP contribution in [0.1, 0.15) is 18.1 Å². The van der Waals surface area contributed by atoms with Gasteiger partial charge >= 0.3 is 5.97 Å². The van der Waals surface area contributed by atoms with Gasteiger partial charge in [0.2, 0.25) is 0 Å². The molecule has 0 radical (unpaired) electrons. The van der Waals surface area contributed by atoms with Crippen LogP contribution in [0.3, 0.4) is 0 Å². The first-order valence-electron chi connectivity index (χ1n) is 5.28. The molecule has 0 amide bonds. The van der Waals surface area contributed by atoms with Crippen molar-refractivity contribution in [1.29, 1.82) is 0 Å². The van der Waals surface area contributed by atoms with E-state index in [1.54, 1.807) is 19.9 Å². The summed E-state index contributed by atoms with van der Waals surface area (Å²) in [5.74, 6) is -0.669. The highest BCUT2D eigenvalue weighted by Gasteiger charge is 2.08. The molecule has 1 rings (SSSR count). The van der Waals surface area contributed by atoms with Gasteiger partial charge in [-0.2, -0.15) is 0 Å². The monoisotopic (exact) mass is 238 g/mol. The minimum atomic E-state index is -0.442. The minimum absolute atomic E-state index is 0.191. The van der Waals surface area contributed by atoms with Gasteiger partial charge in [0.05, 0.1) is 13.7 Å². The van der Waals surface area contributed by atoms with E-state index in [-0.39, 0.29) is 5.75 Å². The summed E-state index contributed by atoms with van der Waals surface area (Å²) in [6.07, 6.45) is 2.80. The second-order valence-corrected chi connectivity index (χ2v) is 3.38. The topological polar surface area (TPSA) is 35.5 Å². The second-order valence-electron chi connectivity index (χ2n) is 3.38. The molecule has 1 aromatic carbocycles. The van der Waals surface area contributed by atoms with Crippen molar-refractivity contribution in [3.63, 3.8) is 0 Å². The van der Waals surface area contributed by atoms with Crippen LogP contribution in [0.4, 0.5) is 4.39 Å². The molecule has 4 heteroatoms. The fourth-order valence-electron chi connectivity index (χ4n) is 1.36. The molecule has 0 N–H and O–H groups in total. The van der Waals surface area contributed by atoms with E-state index in [4.69, 9.17) is 9.47 Å². The van der Waals surface area contributed by atoms with Crippen molar-refractivity contribution in [2.24, 2.45) is 0 Å². The summed E-state index contributed by atoms with van der Waals surface area (Å²) in [6, 6.07) is 3.21. The third-order valence-corrected chi connectivity index (χ3v) is 2.30. The van der Waals surface area contributed by atoms with Gasteiger partial charge in [-0.1, -0.05) is 6.07 Å². The summed E-state index contributed by atoms with van der Waals surface area (Å²) in [5, 5.41) is 0. The summed E-state index contributed by atoms with van der Waals surface area (Å²) >= 11 is 0. The molecule has 0 fully saturated rings. The molecule has 0 bridgehead atoms. The van der Waals surface area contributed by atoms with Crippen LogP contribution in [-0.2, 0) is 9.53 Å². The van der Waals surface area contributed by atoms with E-state index in [0.29, 0.717) is 17.7 Å². The fourth-order valence-corrected chi connectivity index (χ4v) is 1.36. The highest BCUT2D eigenvalue weighted by Crippen LogP contribution is 2.23. The number of hydrogen-bond donors (Lipinski definition) is 0. The molecular weight excluding hydrogens is 223 g/mol. The Kier molecular flexibility index (Phi) is 4.69. The molecule has 0 heterocycles. The van der Waals surface area contributed by atoms with Crippen molar-refractivity contribution in [3.8, 4) is 5.75 Å². The van der Waals surface area contributed by atoms with E-state index >= 15 is 0 Å². The van der Waals surface area contributed by atoms with Crippen LogP contribution in [0, 0.1) is 12.7 Å². The molecule has 0 spiro atoms. The van der Waals surface area contributed by atoms with E-state index in [1.165, 1.54) is 25.3 Å². The highest BCUT2D eigenvalue weighted by molar-refractivity contribution is 5.87. The third-order valence-electron chi connectivity index (χ3n) is 2.30. The van der Waals surface area contributed by atoms with Crippen molar-refractivity contribution >= 4 is 12.0 Å². The fraction of sp³-hybridized carbons (Fsp3) is 0.308. The molecule has 17 heavy (non-hydrogen) atoms.